The molecule has 1 aromatic heterocycles. The quantitative estimate of drug-likeness (QED) is 0.785. The minimum atomic E-state index is -0.699. The first-order valence-electron chi connectivity index (χ1n) is 5.32. The van der Waals surface area contributed by atoms with Gasteiger partial charge in [0.25, 0.3) is 5.91 Å². The molecule has 0 bridgehead atoms. The smallest absolute Gasteiger partial charge is 0.250 e. The van der Waals surface area contributed by atoms with Crippen LogP contribution in [-0.2, 0) is 0 Å². The zero-order valence-electron chi connectivity index (χ0n) is 10.1. The maximum atomic E-state index is 13.9. The molecule has 18 heavy (non-hydrogen) atoms. The molecule has 0 aliphatic heterocycles. The molecule has 2 aromatic rings. The van der Waals surface area contributed by atoms with Crippen LogP contribution in [0.1, 0.15) is 21.7 Å². The molecule has 0 radical (unpaired) electrons. The van der Waals surface area contributed by atoms with Gasteiger partial charge in [-0.3, -0.25) is 4.79 Å². The van der Waals surface area contributed by atoms with E-state index in [-0.39, 0.29) is 16.9 Å². The van der Waals surface area contributed by atoms with Crippen molar-refractivity contribution in [3.63, 3.8) is 0 Å². The number of nitrogen functional groups attached to an aromatic ring is 1. The van der Waals surface area contributed by atoms with Crippen molar-refractivity contribution in [1.29, 1.82) is 0 Å². The topological polar surface area (TPSA) is 86.9 Å². The molecule has 94 valence electrons. The van der Waals surface area contributed by atoms with Gasteiger partial charge < -0.3 is 11.5 Å². The van der Waals surface area contributed by atoms with Crippen molar-refractivity contribution >= 4 is 11.6 Å². The molecule has 0 atom stereocenters. The highest BCUT2D eigenvalue weighted by Crippen LogP contribution is 2.22. The van der Waals surface area contributed by atoms with E-state index in [0.717, 1.165) is 17.5 Å². The Balaban J connectivity index is 2.68. The maximum absolute atomic E-state index is 13.9. The molecule has 0 unspecified atom stereocenters. The Kier molecular flexibility index (Phi) is 2.78. The fraction of sp³-hybridized carbons (Fsp3) is 0.167. The summed E-state index contributed by atoms with van der Waals surface area (Å²) in [7, 11) is 0. The highest BCUT2D eigenvalue weighted by Gasteiger charge is 2.15. The SMILES string of the molecule is Cc1cc(C)n(-c2cc(C(N)=O)c(N)cc2F)n1. The molecule has 0 saturated carbocycles. The van der Waals surface area contributed by atoms with E-state index in [2.05, 4.69) is 5.10 Å². The average molecular weight is 248 g/mol. The van der Waals surface area contributed by atoms with Crippen LogP contribution in [0.5, 0.6) is 0 Å². The second-order valence-electron chi connectivity index (χ2n) is 4.09. The highest BCUT2D eigenvalue weighted by atomic mass is 19.1. The lowest BCUT2D eigenvalue weighted by Gasteiger charge is -2.09. The van der Waals surface area contributed by atoms with Gasteiger partial charge in [-0.15, -0.1) is 0 Å². The number of nitrogens with zero attached hydrogens (tertiary/aromatic N) is 2. The van der Waals surface area contributed by atoms with Crippen LogP contribution in [0.3, 0.4) is 0 Å². The normalized spacial score (nSPS) is 10.6. The van der Waals surface area contributed by atoms with Crippen molar-refractivity contribution in [2.75, 3.05) is 5.73 Å². The first kappa shape index (κ1) is 12.1. The Labute approximate surface area is 103 Å². The number of carbonyl (C=O) groups is 1. The van der Waals surface area contributed by atoms with Crippen LogP contribution in [0.15, 0.2) is 18.2 Å². The van der Waals surface area contributed by atoms with Gasteiger partial charge in [0.05, 0.1) is 11.3 Å². The van der Waals surface area contributed by atoms with Gasteiger partial charge in [-0.2, -0.15) is 5.10 Å². The molecule has 5 nitrogen and oxygen atoms in total. The third kappa shape index (κ3) is 1.92. The summed E-state index contributed by atoms with van der Waals surface area (Å²) in [5.74, 6) is -1.25. The number of aromatic nitrogens is 2. The van der Waals surface area contributed by atoms with Gasteiger partial charge >= 0.3 is 0 Å². The molecule has 1 amide bonds. The van der Waals surface area contributed by atoms with Gasteiger partial charge in [-0.25, -0.2) is 9.07 Å². The van der Waals surface area contributed by atoms with E-state index >= 15 is 0 Å². The largest absolute Gasteiger partial charge is 0.398 e. The number of primary amides is 1. The molecule has 4 N–H and O–H groups in total. The summed E-state index contributed by atoms with van der Waals surface area (Å²) in [5, 5.41) is 4.16. The van der Waals surface area contributed by atoms with Gasteiger partial charge in [0.1, 0.15) is 5.69 Å². The van der Waals surface area contributed by atoms with Crippen LogP contribution >= 0.6 is 0 Å². The zero-order valence-corrected chi connectivity index (χ0v) is 10.1. The zero-order chi connectivity index (χ0) is 13.4. The highest BCUT2D eigenvalue weighted by molar-refractivity contribution is 5.98. The van der Waals surface area contributed by atoms with E-state index in [1.807, 2.05) is 0 Å². The van der Waals surface area contributed by atoms with Gasteiger partial charge in [0.2, 0.25) is 0 Å². The monoisotopic (exact) mass is 248 g/mol. The van der Waals surface area contributed by atoms with Gasteiger partial charge in [0, 0.05) is 11.4 Å². The molecular weight excluding hydrogens is 235 g/mol. The van der Waals surface area contributed by atoms with Crippen molar-refractivity contribution in [1.82, 2.24) is 9.78 Å². The summed E-state index contributed by atoms with van der Waals surface area (Å²) >= 11 is 0. The Morgan fingerprint density at radius 3 is 2.50 bits per heavy atom. The Morgan fingerprint density at radius 2 is 2.00 bits per heavy atom. The molecule has 0 fully saturated rings. The van der Waals surface area contributed by atoms with Gasteiger partial charge in [0.15, 0.2) is 5.82 Å². The molecule has 2 rings (SSSR count). The van der Waals surface area contributed by atoms with E-state index < -0.39 is 11.7 Å². The van der Waals surface area contributed by atoms with Crippen LogP contribution in [0.4, 0.5) is 10.1 Å². The lowest BCUT2D eigenvalue weighted by atomic mass is 10.1. The summed E-state index contributed by atoms with van der Waals surface area (Å²) in [6.45, 7) is 3.59. The van der Waals surface area contributed by atoms with E-state index in [1.54, 1.807) is 19.9 Å². The molecular formula is C12H13FN4O. The number of aryl methyl sites for hydroxylation is 2. The predicted molar refractivity (Wildman–Crippen MR) is 65.9 cm³/mol. The molecule has 6 heteroatoms. The van der Waals surface area contributed by atoms with Gasteiger partial charge in [-0.05, 0) is 32.0 Å². The first-order valence-corrected chi connectivity index (χ1v) is 5.32. The number of carbonyl (C=O) groups excluding carboxylic acids is 1. The van der Waals surface area contributed by atoms with Crippen molar-refractivity contribution < 1.29 is 9.18 Å². The molecule has 1 aromatic carbocycles. The summed E-state index contributed by atoms with van der Waals surface area (Å²) in [6, 6.07) is 4.19. The fourth-order valence-corrected chi connectivity index (χ4v) is 1.83. The van der Waals surface area contributed by atoms with Crippen molar-refractivity contribution in [3.8, 4) is 5.69 Å². The third-order valence-electron chi connectivity index (χ3n) is 2.62. The lowest BCUT2D eigenvalue weighted by molar-refractivity contribution is 0.100. The number of nitrogens with two attached hydrogens (primary N) is 2. The number of anilines is 1. The third-order valence-corrected chi connectivity index (χ3v) is 2.62. The Hall–Kier alpha value is -2.37. The summed E-state index contributed by atoms with van der Waals surface area (Å²) < 4.78 is 15.3. The summed E-state index contributed by atoms with van der Waals surface area (Å²) in [4.78, 5) is 11.2. The minimum Gasteiger partial charge on any atom is -0.398 e. The van der Waals surface area contributed by atoms with E-state index in [9.17, 15) is 9.18 Å². The molecule has 0 aliphatic rings. The Bertz CT molecular complexity index is 633. The summed E-state index contributed by atoms with van der Waals surface area (Å²) in [6.07, 6.45) is 0. The van der Waals surface area contributed by atoms with Gasteiger partial charge in [-0.1, -0.05) is 0 Å². The van der Waals surface area contributed by atoms with Crippen LogP contribution in [0, 0.1) is 19.7 Å². The van der Waals surface area contributed by atoms with E-state index in [0.29, 0.717) is 0 Å². The van der Waals surface area contributed by atoms with Crippen molar-refractivity contribution in [3.05, 3.63) is 41.0 Å². The van der Waals surface area contributed by atoms with E-state index in [1.165, 1.54) is 10.7 Å². The summed E-state index contributed by atoms with van der Waals surface area (Å²) in [5.41, 5.74) is 12.5. The molecule has 0 aliphatic carbocycles. The number of hydrogen-bond donors (Lipinski definition) is 2. The van der Waals surface area contributed by atoms with E-state index in [4.69, 9.17) is 11.5 Å². The van der Waals surface area contributed by atoms with Crippen LogP contribution < -0.4 is 11.5 Å². The second kappa shape index (κ2) is 4.14. The minimum absolute atomic E-state index is 0.0188. The standard InChI is InChI=1S/C12H13FN4O/c1-6-3-7(2)17(16-6)11-4-8(12(15)18)10(14)5-9(11)13/h3-5H,14H2,1-2H3,(H2,15,18). The lowest BCUT2D eigenvalue weighted by Crippen LogP contribution is -2.15. The molecule has 0 saturated heterocycles. The number of benzene rings is 1. The number of rotatable bonds is 2. The second-order valence-corrected chi connectivity index (χ2v) is 4.09. The van der Waals surface area contributed by atoms with Crippen molar-refractivity contribution in [2.24, 2.45) is 5.73 Å². The first-order chi connectivity index (χ1) is 8.40. The predicted octanol–water partition coefficient (Wildman–Crippen LogP) is 1.31. The maximum Gasteiger partial charge on any atom is 0.250 e. The van der Waals surface area contributed by atoms with Crippen LogP contribution in [0.25, 0.3) is 5.69 Å². The van der Waals surface area contributed by atoms with Crippen LogP contribution in [-0.4, -0.2) is 15.7 Å². The number of halogens is 1. The molecule has 0 spiro atoms. The van der Waals surface area contributed by atoms with Crippen LogP contribution in [0.2, 0.25) is 0 Å². The van der Waals surface area contributed by atoms with Crippen molar-refractivity contribution in [2.45, 2.75) is 13.8 Å². The number of hydrogen-bond acceptors (Lipinski definition) is 3. The Morgan fingerprint density at radius 1 is 1.33 bits per heavy atom. The average Bonchev–Trinajstić information content (AvgIpc) is 2.57. The number of amides is 1. The molecule has 1 heterocycles. The fourth-order valence-electron chi connectivity index (χ4n) is 1.83.